The normalized spacial score (nSPS) is 8.10. The third kappa shape index (κ3) is 2.82. The van der Waals surface area contributed by atoms with Gasteiger partial charge in [0.2, 0.25) is 5.91 Å². The number of hydrogen-bond acceptors (Lipinski definition) is 2. The first-order valence-electron chi connectivity index (χ1n) is 2.45. The maximum absolute atomic E-state index is 10.7. The van der Waals surface area contributed by atoms with Crippen molar-refractivity contribution in [1.29, 1.82) is 0 Å². The molecule has 1 aromatic heterocycles. The van der Waals surface area contributed by atoms with E-state index in [0.717, 1.165) is 0 Å². The molecule has 0 saturated heterocycles. The number of thiophene rings is 1. The second-order valence-corrected chi connectivity index (χ2v) is 2.43. The minimum atomic E-state index is -0.120. The summed E-state index contributed by atoms with van der Waals surface area (Å²) in [6.45, 7) is 0. The summed E-state index contributed by atoms with van der Waals surface area (Å²) < 4.78 is 0. The van der Waals surface area contributed by atoms with Gasteiger partial charge < -0.3 is 5.32 Å². The molecule has 0 unspecified atom stereocenters. The summed E-state index contributed by atoms with van der Waals surface area (Å²) in [6.07, 6.45) is 0. The minimum absolute atomic E-state index is 0. The Balaban J connectivity index is 0.000000810. The number of rotatable bonds is 1. The van der Waals surface area contributed by atoms with E-state index in [4.69, 9.17) is 0 Å². The van der Waals surface area contributed by atoms with Gasteiger partial charge in [-0.25, -0.2) is 0 Å². The van der Waals surface area contributed by atoms with Crippen molar-refractivity contribution in [3.8, 4) is 0 Å². The van der Waals surface area contributed by atoms with Gasteiger partial charge in [-0.05, 0) is 11.4 Å². The Hall–Kier alpha value is 0.806. The van der Waals surface area contributed by atoms with Crippen molar-refractivity contribution in [2.45, 2.75) is 0 Å². The van der Waals surface area contributed by atoms with Crippen LogP contribution in [-0.2, 0) is 0 Å². The van der Waals surface area contributed by atoms with Crippen LogP contribution >= 0.6 is 11.3 Å². The summed E-state index contributed by atoms with van der Waals surface area (Å²) in [5, 5.41) is 4.14. The summed E-state index contributed by atoms with van der Waals surface area (Å²) in [6, 6.07) is 3.58. The molecule has 1 N–H and O–H groups in total. The zero-order chi connectivity index (χ0) is 6.69. The molecule has 0 atom stereocenters. The first kappa shape index (κ1) is 10.8. The standard InChI is InChI=1S/C6H6NOS.K/c1-7-6(8)5-3-2-4-9-5;/h2-4H,1H2,(H,7,8);/q-1;+1. The van der Waals surface area contributed by atoms with Crippen molar-refractivity contribution in [3.63, 3.8) is 0 Å². The average Bonchev–Trinajstić information content (AvgIpc) is 2.37. The van der Waals surface area contributed by atoms with Crippen LogP contribution in [0.2, 0.25) is 0 Å². The molecule has 0 radical (unpaired) electrons. The summed E-state index contributed by atoms with van der Waals surface area (Å²) in [5.41, 5.74) is 0. The zero-order valence-corrected chi connectivity index (χ0v) is 9.70. The monoisotopic (exact) mass is 179 g/mol. The van der Waals surface area contributed by atoms with Gasteiger partial charge in [-0.3, -0.25) is 11.8 Å². The largest absolute Gasteiger partial charge is 1.00 e. The molecule has 1 aromatic rings. The summed E-state index contributed by atoms with van der Waals surface area (Å²) in [5.74, 6) is -0.120. The van der Waals surface area contributed by atoms with Gasteiger partial charge in [0.1, 0.15) is 0 Å². The van der Waals surface area contributed by atoms with Gasteiger partial charge in [0.05, 0.1) is 4.88 Å². The molecule has 2 nitrogen and oxygen atoms in total. The predicted molar refractivity (Wildman–Crippen MR) is 37.1 cm³/mol. The Labute approximate surface area is 106 Å². The van der Waals surface area contributed by atoms with Crippen molar-refractivity contribution >= 4 is 17.2 Å². The molecule has 0 saturated carbocycles. The molecule has 0 bridgehead atoms. The van der Waals surface area contributed by atoms with Crippen LogP contribution in [0, 0.1) is 7.05 Å². The predicted octanol–water partition coefficient (Wildman–Crippen LogP) is -1.73. The van der Waals surface area contributed by atoms with Gasteiger partial charge >= 0.3 is 51.4 Å². The molecule has 1 amide bonds. The summed E-state index contributed by atoms with van der Waals surface area (Å²) >= 11 is 1.40. The minimum Gasteiger partial charge on any atom is -0.504 e. The fraction of sp³-hybridized carbons (Fsp3) is 0. The zero-order valence-electron chi connectivity index (χ0n) is 5.76. The smallest absolute Gasteiger partial charge is 0.504 e. The van der Waals surface area contributed by atoms with Crippen molar-refractivity contribution in [1.82, 2.24) is 5.32 Å². The Morgan fingerprint density at radius 3 is 2.80 bits per heavy atom. The second-order valence-electron chi connectivity index (χ2n) is 1.48. The number of hydrogen-bond donors (Lipinski definition) is 1. The van der Waals surface area contributed by atoms with Crippen LogP contribution in [0.1, 0.15) is 9.67 Å². The van der Waals surface area contributed by atoms with Crippen LogP contribution < -0.4 is 56.7 Å². The molecule has 0 aliphatic heterocycles. The van der Waals surface area contributed by atoms with Crippen LogP contribution in [0.15, 0.2) is 17.5 Å². The van der Waals surface area contributed by atoms with E-state index in [1.54, 1.807) is 6.07 Å². The van der Waals surface area contributed by atoms with Crippen molar-refractivity contribution in [2.75, 3.05) is 0 Å². The molecule has 0 aromatic carbocycles. The van der Waals surface area contributed by atoms with E-state index in [2.05, 4.69) is 12.4 Å². The van der Waals surface area contributed by atoms with E-state index < -0.39 is 0 Å². The van der Waals surface area contributed by atoms with E-state index in [1.807, 2.05) is 11.4 Å². The molecular weight excluding hydrogens is 173 g/mol. The molecule has 1 rings (SSSR count). The molecule has 1 heterocycles. The van der Waals surface area contributed by atoms with Crippen LogP contribution in [-0.4, -0.2) is 5.91 Å². The van der Waals surface area contributed by atoms with Crippen LogP contribution in [0.3, 0.4) is 0 Å². The van der Waals surface area contributed by atoms with Gasteiger partial charge in [0.25, 0.3) is 0 Å². The SMILES string of the molecule is [CH2-]NC(=O)c1cccs1.[K+]. The first-order chi connectivity index (χ1) is 4.34. The summed E-state index contributed by atoms with van der Waals surface area (Å²) in [4.78, 5) is 11.4. The molecule has 0 aliphatic rings. The molecule has 4 heteroatoms. The second kappa shape index (κ2) is 5.46. The van der Waals surface area contributed by atoms with Crippen LogP contribution in [0.4, 0.5) is 0 Å². The maximum Gasteiger partial charge on any atom is 1.00 e. The van der Waals surface area contributed by atoms with E-state index in [0.29, 0.717) is 4.88 Å². The van der Waals surface area contributed by atoms with Crippen molar-refractivity contribution in [3.05, 3.63) is 29.4 Å². The van der Waals surface area contributed by atoms with Gasteiger partial charge in [-0.1, -0.05) is 6.07 Å². The number of carbonyl (C=O) groups is 1. The topological polar surface area (TPSA) is 29.1 Å². The van der Waals surface area contributed by atoms with Crippen LogP contribution in [0.5, 0.6) is 0 Å². The average molecular weight is 179 g/mol. The number of nitrogens with one attached hydrogen (secondary N) is 1. The fourth-order valence-corrected chi connectivity index (χ4v) is 1.13. The van der Waals surface area contributed by atoms with Gasteiger partial charge in [-0.2, -0.15) is 0 Å². The molecule has 48 valence electrons. The van der Waals surface area contributed by atoms with Crippen molar-refractivity contribution < 1.29 is 56.2 Å². The molecule has 0 aliphatic carbocycles. The Morgan fingerprint density at radius 1 is 1.70 bits per heavy atom. The van der Waals surface area contributed by atoms with E-state index in [-0.39, 0.29) is 57.3 Å². The molecule has 0 fully saturated rings. The van der Waals surface area contributed by atoms with Gasteiger partial charge in [-0.15, -0.1) is 11.3 Å². The molecular formula is C6H6KNOS. The molecule has 0 spiro atoms. The fourth-order valence-electron chi connectivity index (χ4n) is 0.495. The summed E-state index contributed by atoms with van der Waals surface area (Å²) in [7, 11) is 3.25. The van der Waals surface area contributed by atoms with E-state index in [1.165, 1.54) is 11.3 Å². The Kier molecular flexibility index (Phi) is 5.90. The van der Waals surface area contributed by atoms with Gasteiger partial charge in [0.15, 0.2) is 0 Å². The number of amides is 1. The van der Waals surface area contributed by atoms with E-state index in [9.17, 15) is 4.79 Å². The Morgan fingerprint density at radius 2 is 2.40 bits per heavy atom. The Bertz CT molecular complexity index is 198. The van der Waals surface area contributed by atoms with E-state index >= 15 is 0 Å². The number of carbonyl (C=O) groups excluding carboxylic acids is 1. The maximum atomic E-state index is 10.7. The van der Waals surface area contributed by atoms with Crippen LogP contribution in [0.25, 0.3) is 0 Å². The first-order valence-corrected chi connectivity index (χ1v) is 3.33. The van der Waals surface area contributed by atoms with Gasteiger partial charge in [0, 0.05) is 0 Å². The third-order valence-corrected chi connectivity index (χ3v) is 1.77. The third-order valence-electron chi connectivity index (χ3n) is 0.906. The van der Waals surface area contributed by atoms with Crippen molar-refractivity contribution in [2.24, 2.45) is 0 Å². The molecule has 10 heavy (non-hydrogen) atoms. The quantitative estimate of drug-likeness (QED) is 0.403.